The maximum Gasteiger partial charge on any atom is 0.252 e. The van der Waals surface area contributed by atoms with Gasteiger partial charge in [-0.15, -0.1) is 0 Å². The van der Waals surface area contributed by atoms with Crippen LogP contribution in [0.2, 0.25) is 5.02 Å². The summed E-state index contributed by atoms with van der Waals surface area (Å²) in [5, 5.41) is 5.04. The van der Waals surface area contributed by atoms with E-state index in [9.17, 15) is 4.79 Å². The molecule has 0 aromatic heterocycles. The highest BCUT2D eigenvalue weighted by atomic mass is 35.5. The van der Waals surface area contributed by atoms with Gasteiger partial charge in [0.1, 0.15) is 5.75 Å². The van der Waals surface area contributed by atoms with Gasteiger partial charge in [0.25, 0.3) is 5.91 Å². The van der Waals surface area contributed by atoms with Gasteiger partial charge in [-0.2, -0.15) is 0 Å². The predicted octanol–water partition coefficient (Wildman–Crippen LogP) is 3.24. The highest BCUT2D eigenvalue weighted by Gasteiger charge is 2.30. The molecule has 3 atom stereocenters. The Morgan fingerprint density at radius 1 is 1.37 bits per heavy atom. The van der Waals surface area contributed by atoms with Crippen LogP contribution in [0.3, 0.4) is 0 Å². The molecule has 0 aliphatic carbocycles. The summed E-state index contributed by atoms with van der Waals surface area (Å²) >= 11 is 6.26. The normalized spacial score (nSPS) is 26.0. The van der Waals surface area contributed by atoms with Crippen molar-refractivity contribution in [1.82, 2.24) is 15.1 Å². The molecule has 5 nitrogen and oxygen atoms in total. The van der Waals surface area contributed by atoms with E-state index in [0.29, 0.717) is 25.4 Å². The first-order valence-corrected chi connectivity index (χ1v) is 10.5. The Balaban J connectivity index is 1.56. The van der Waals surface area contributed by atoms with Crippen LogP contribution in [0.5, 0.6) is 5.75 Å². The molecule has 142 valence electrons. The maximum absolute atomic E-state index is 12.8. The van der Waals surface area contributed by atoms with E-state index < -0.39 is 0 Å². The first-order valence-electron chi connectivity index (χ1n) is 9.08. The summed E-state index contributed by atoms with van der Waals surface area (Å²) in [7, 11) is 2.07. The van der Waals surface area contributed by atoms with Crippen LogP contribution < -0.4 is 10.1 Å². The Morgan fingerprint density at radius 2 is 2.22 bits per heavy atom. The third-order valence-corrected chi connectivity index (χ3v) is 6.85. The van der Waals surface area contributed by atoms with Crippen LogP contribution in [0.1, 0.15) is 12.5 Å². The molecule has 1 amide bonds. The first kappa shape index (κ1) is 18.5. The third kappa shape index (κ3) is 3.77. The molecular weight excluding hydrogens is 381 g/mol. The average Bonchev–Trinajstić information content (AvgIpc) is 2.67. The van der Waals surface area contributed by atoms with Crippen molar-refractivity contribution >= 4 is 31.4 Å². The van der Waals surface area contributed by atoms with Gasteiger partial charge in [-0.25, -0.2) is 0 Å². The number of halogens is 1. The highest BCUT2D eigenvalue weighted by Crippen LogP contribution is 2.45. The first-order chi connectivity index (χ1) is 13.0. The van der Waals surface area contributed by atoms with Crippen molar-refractivity contribution in [2.75, 3.05) is 26.7 Å². The van der Waals surface area contributed by atoms with Crippen LogP contribution in [0.15, 0.2) is 48.3 Å². The summed E-state index contributed by atoms with van der Waals surface area (Å²) in [6, 6.07) is 6.14. The average molecular weight is 404 g/mol. The van der Waals surface area contributed by atoms with Gasteiger partial charge in [0.05, 0.1) is 23.6 Å². The molecule has 1 N–H and O–H groups in total. The molecule has 3 heterocycles. The molecule has 1 fully saturated rings. The Morgan fingerprint density at radius 3 is 2.96 bits per heavy atom. The standard InChI is InChI=1S/C20H23ClN3O2P/c1-13-11-23(8-7-22-13)15-4-6-20-24(12-15)19(25)10-18(27-20)14-3-5-17(26-2)16(21)9-14/h3-6,9-10,12-13,20,22,27H,7-8,11H2,1-2H3/t13-,20?/m0/s1. The van der Waals surface area contributed by atoms with Gasteiger partial charge in [0, 0.05) is 38.0 Å². The molecular formula is C20H23ClN3O2P. The number of fused-ring (bicyclic) bond motifs is 1. The summed E-state index contributed by atoms with van der Waals surface area (Å²) in [6.07, 6.45) is 8.05. The van der Waals surface area contributed by atoms with Gasteiger partial charge in [-0.3, -0.25) is 4.79 Å². The zero-order chi connectivity index (χ0) is 19.0. The van der Waals surface area contributed by atoms with Crippen LogP contribution >= 0.6 is 20.2 Å². The lowest BCUT2D eigenvalue weighted by molar-refractivity contribution is -0.123. The van der Waals surface area contributed by atoms with E-state index in [0.717, 1.165) is 36.2 Å². The van der Waals surface area contributed by atoms with E-state index in [1.54, 1.807) is 13.2 Å². The SMILES string of the molecule is COc1ccc(C2=CC(=O)N3C=C(N4CCN[C@@H](C)C4)C=CC3P2)cc1Cl. The monoisotopic (exact) mass is 403 g/mol. The van der Waals surface area contributed by atoms with Crippen LogP contribution in [0, 0.1) is 0 Å². The molecule has 0 spiro atoms. The van der Waals surface area contributed by atoms with Gasteiger partial charge in [0.15, 0.2) is 0 Å². The fourth-order valence-electron chi connectivity index (χ4n) is 3.62. The minimum Gasteiger partial charge on any atom is -0.495 e. The molecule has 1 aromatic rings. The number of piperazine rings is 1. The smallest absolute Gasteiger partial charge is 0.252 e. The molecule has 3 aliphatic heterocycles. The Kier molecular flexibility index (Phi) is 5.27. The summed E-state index contributed by atoms with van der Waals surface area (Å²) in [5.74, 6) is 0.733. The lowest BCUT2D eigenvalue weighted by Crippen LogP contribution is -2.49. The number of ether oxygens (including phenoxy) is 1. The number of carbonyl (C=O) groups is 1. The van der Waals surface area contributed by atoms with Crippen molar-refractivity contribution in [3.8, 4) is 5.75 Å². The number of amides is 1. The summed E-state index contributed by atoms with van der Waals surface area (Å²) in [5.41, 5.74) is 2.09. The van der Waals surface area contributed by atoms with Crippen LogP contribution in [-0.2, 0) is 4.79 Å². The minimum absolute atomic E-state index is 0.0192. The fourth-order valence-corrected chi connectivity index (χ4v) is 5.26. The molecule has 3 aliphatic rings. The number of methoxy groups -OCH3 is 1. The quantitative estimate of drug-likeness (QED) is 0.787. The number of allylic oxidation sites excluding steroid dienone is 1. The number of hydrogen-bond acceptors (Lipinski definition) is 4. The molecule has 1 saturated heterocycles. The second-order valence-electron chi connectivity index (χ2n) is 6.96. The lowest BCUT2D eigenvalue weighted by Gasteiger charge is -2.39. The molecule has 7 heteroatoms. The number of hydrogen-bond donors (Lipinski definition) is 1. The fraction of sp³-hybridized carbons (Fsp3) is 0.350. The Hall–Kier alpha value is -1.81. The summed E-state index contributed by atoms with van der Waals surface area (Å²) in [6.45, 7) is 5.07. The zero-order valence-electron chi connectivity index (χ0n) is 15.4. The van der Waals surface area contributed by atoms with E-state index in [1.807, 2.05) is 29.3 Å². The molecule has 0 radical (unpaired) electrons. The molecule has 0 saturated carbocycles. The van der Waals surface area contributed by atoms with E-state index in [4.69, 9.17) is 16.3 Å². The summed E-state index contributed by atoms with van der Waals surface area (Å²) in [4.78, 5) is 17.0. The molecule has 27 heavy (non-hydrogen) atoms. The minimum atomic E-state index is 0.0192. The van der Waals surface area contributed by atoms with E-state index in [2.05, 4.69) is 29.3 Å². The van der Waals surface area contributed by atoms with Crippen molar-refractivity contribution < 1.29 is 9.53 Å². The number of rotatable bonds is 3. The highest BCUT2D eigenvalue weighted by molar-refractivity contribution is 7.51. The zero-order valence-corrected chi connectivity index (χ0v) is 17.2. The van der Waals surface area contributed by atoms with Crippen LogP contribution in [0.4, 0.5) is 0 Å². The lowest BCUT2D eigenvalue weighted by atomic mass is 10.1. The van der Waals surface area contributed by atoms with Crippen molar-refractivity contribution in [2.45, 2.75) is 18.7 Å². The van der Waals surface area contributed by atoms with Crippen molar-refractivity contribution in [3.05, 3.63) is 58.9 Å². The van der Waals surface area contributed by atoms with Crippen molar-refractivity contribution in [3.63, 3.8) is 0 Å². The molecule has 1 aromatic carbocycles. The summed E-state index contributed by atoms with van der Waals surface area (Å²) < 4.78 is 5.22. The number of nitrogens with zero attached hydrogens (tertiary/aromatic N) is 2. The van der Waals surface area contributed by atoms with Crippen LogP contribution in [0.25, 0.3) is 5.31 Å². The van der Waals surface area contributed by atoms with E-state index in [-0.39, 0.29) is 11.7 Å². The van der Waals surface area contributed by atoms with Gasteiger partial charge in [-0.1, -0.05) is 32.3 Å². The second kappa shape index (κ2) is 7.67. The topological polar surface area (TPSA) is 44.8 Å². The van der Waals surface area contributed by atoms with Crippen molar-refractivity contribution in [1.29, 1.82) is 0 Å². The maximum atomic E-state index is 12.8. The molecule has 2 unspecified atom stereocenters. The Bertz CT molecular complexity index is 852. The van der Waals surface area contributed by atoms with Gasteiger partial charge < -0.3 is 19.9 Å². The van der Waals surface area contributed by atoms with E-state index in [1.165, 1.54) is 0 Å². The van der Waals surface area contributed by atoms with Crippen molar-refractivity contribution in [2.24, 2.45) is 0 Å². The number of carbonyl (C=O) groups excluding carboxylic acids is 1. The van der Waals surface area contributed by atoms with E-state index >= 15 is 0 Å². The Labute approximate surface area is 166 Å². The predicted molar refractivity (Wildman–Crippen MR) is 111 cm³/mol. The van der Waals surface area contributed by atoms with Gasteiger partial charge >= 0.3 is 0 Å². The number of benzene rings is 1. The van der Waals surface area contributed by atoms with Crippen LogP contribution in [-0.4, -0.2) is 54.3 Å². The largest absolute Gasteiger partial charge is 0.495 e. The molecule has 0 bridgehead atoms. The molecule has 4 rings (SSSR count). The third-order valence-electron chi connectivity index (χ3n) is 5.04. The number of nitrogens with one attached hydrogen (secondary N) is 1. The second-order valence-corrected chi connectivity index (χ2v) is 8.78. The van der Waals surface area contributed by atoms with Gasteiger partial charge in [0.2, 0.25) is 0 Å². The van der Waals surface area contributed by atoms with Gasteiger partial charge in [-0.05, 0) is 36.0 Å².